The number of nitrogens with one attached hydrogen (secondary N) is 2. The van der Waals surface area contributed by atoms with Gasteiger partial charge in [-0.2, -0.15) is 0 Å². The van der Waals surface area contributed by atoms with Gasteiger partial charge in [-0.15, -0.1) is 0 Å². The van der Waals surface area contributed by atoms with Crippen molar-refractivity contribution in [3.8, 4) is 5.75 Å². The maximum atomic E-state index is 6.23. The maximum absolute atomic E-state index is 6.23. The molecule has 3 rings (SSSR count). The Labute approximate surface area is 136 Å². The number of hydrogen-bond donors (Lipinski definition) is 3. The number of nitrogen functional groups attached to an aromatic ring is 1. The summed E-state index contributed by atoms with van der Waals surface area (Å²) >= 11 is 0. The summed E-state index contributed by atoms with van der Waals surface area (Å²) in [6.45, 7) is 0. The third kappa shape index (κ3) is 3.83. The summed E-state index contributed by atoms with van der Waals surface area (Å²) in [5.41, 5.74) is 7.68. The van der Waals surface area contributed by atoms with Crippen LogP contribution in [0.1, 0.15) is 32.1 Å². The highest BCUT2D eigenvalue weighted by atomic mass is 16.5. The Morgan fingerprint density at radius 2 is 1.74 bits per heavy atom. The minimum atomic E-state index is 0.454. The molecule has 0 saturated heterocycles. The molecule has 1 aromatic heterocycles. The van der Waals surface area contributed by atoms with E-state index in [2.05, 4.69) is 20.6 Å². The van der Waals surface area contributed by atoms with Gasteiger partial charge in [0.25, 0.3) is 0 Å². The van der Waals surface area contributed by atoms with E-state index in [4.69, 9.17) is 10.5 Å². The normalized spacial score (nSPS) is 15.2. The summed E-state index contributed by atoms with van der Waals surface area (Å²) in [4.78, 5) is 8.55. The highest BCUT2D eigenvalue weighted by molar-refractivity contribution is 5.77. The summed E-state index contributed by atoms with van der Waals surface area (Å²) in [5, 5.41) is 6.69. The zero-order valence-corrected chi connectivity index (χ0v) is 13.4. The average Bonchev–Trinajstić information content (AvgIpc) is 2.60. The van der Waals surface area contributed by atoms with Gasteiger partial charge in [0.05, 0.1) is 7.11 Å². The van der Waals surface area contributed by atoms with Crippen LogP contribution in [-0.4, -0.2) is 23.1 Å². The fourth-order valence-corrected chi connectivity index (χ4v) is 2.86. The molecule has 6 heteroatoms. The first-order chi connectivity index (χ1) is 11.3. The van der Waals surface area contributed by atoms with Gasteiger partial charge in [0.15, 0.2) is 11.6 Å². The molecule has 1 fully saturated rings. The molecule has 6 nitrogen and oxygen atoms in total. The van der Waals surface area contributed by atoms with E-state index < -0.39 is 0 Å². The third-order valence-corrected chi connectivity index (χ3v) is 4.18. The van der Waals surface area contributed by atoms with E-state index in [1.807, 2.05) is 24.3 Å². The van der Waals surface area contributed by atoms with Crippen molar-refractivity contribution in [3.63, 3.8) is 0 Å². The van der Waals surface area contributed by atoms with E-state index in [9.17, 15) is 0 Å². The highest BCUT2D eigenvalue weighted by Gasteiger charge is 2.16. The SMILES string of the molecule is COc1ccc(Nc2ncnc(NC3CCCCC3)c2N)cc1. The van der Waals surface area contributed by atoms with Gasteiger partial charge in [-0.05, 0) is 37.1 Å². The molecule has 0 unspecified atom stereocenters. The van der Waals surface area contributed by atoms with E-state index in [1.165, 1.54) is 38.4 Å². The van der Waals surface area contributed by atoms with Crippen molar-refractivity contribution in [2.24, 2.45) is 0 Å². The van der Waals surface area contributed by atoms with Crippen LogP contribution < -0.4 is 21.1 Å². The summed E-state index contributed by atoms with van der Waals surface area (Å²) in [6, 6.07) is 8.08. The number of nitrogens with zero attached hydrogens (tertiary/aromatic N) is 2. The number of hydrogen-bond acceptors (Lipinski definition) is 6. The molecule has 1 aliphatic carbocycles. The molecule has 0 aliphatic heterocycles. The van der Waals surface area contributed by atoms with Crippen molar-refractivity contribution in [3.05, 3.63) is 30.6 Å². The minimum Gasteiger partial charge on any atom is -0.497 e. The van der Waals surface area contributed by atoms with Crippen molar-refractivity contribution in [2.75, 3.05) is 23.5 Å². The van der Waals surface area contributed by atoms with Gasteiger partial charge in [-0.25, -0.2) is 9.97 Å². The topological polar surface area (TPSA) is 85.1 Å². The maximum Gasteiger partial charge on any atom is 0.159 e. The molecule has 1 aliphatic rings. The number of anilines is 4. The molecular weight excluding hydrogens is 290 g/mol. The van der Waals surface area contributed by atoms with E-state index >= 15 is 0 Å². The molecule has 1 heterocycles. The zero-order valence-electron chi connectivity index (χ0n) is 13.4. The van der Waals surface area contributed by atoms with Crippen molar-refractivity contribution in [1.82, 2.24) is 9.97 Å². The van der Waals surface area contributed by atoms with Crippen LogP contribution in [-0.2, 0) is 0 Å². The summed E-state index contributed by atoms with van der Waals surface area (Å²) in [6.07, 6.45) is 7.73. The Bertz CT molecular complexity index is 638. The van der Waals surface area contributed by atoms with Crippen molar-refractivity contribution < 1.29 is 4.74 Å². The summed E-state index contributed by atoms with van der Waals surface area (Å²) < 4.78 is 5.16. The molecule has 0 spiro atoms. The Hall–Kier alpha value is -2.50. The van der Waals surface area contributed by atoms with Crippen molar-refractivity contribution >= 4 is 23.0 Å². The van der Waals surface area contributed by atoms with Crippen LogP contribution in [0.3, 0.4) is 0 Å². The Morgan fingerprint density at radius 1 is 1.04 bits per heavy atom. The minimum absolute atomic E-state index is 0.454. The number of methoxy groups -OCH3 is 1. The number of benzene rings is 1. The van der Waals surface area contributed by atoms with Crippen LogP contribution in [0.5, 0.6) is 5.75 Å². The fraction of sp³-hybridized carbons (Fsp3) is 0.412. The van der Waals surface area contributed by atoms with Crippen molar-refractivity contribution in [2.45, 2.75) is 38.1 Å². The van der Waals surface area contributed by atoms with Gasteiger partial charge < -0.3 is 21.1 Å². The van der Waals surface area contributed by atoms with Crippen LogP contribution in [0, 0.1) is 0 Å². The number of ether oxygens (including phenoxy) is 1. The van der Waals surface area contributed by atoms with E-state index in [-0.39, 0.29) is 0 Å². The number of rotatable bonds is 5. The number of aromatic nitrogens is 2. The lowest BCUT2D eigenvalue weighted by Gasteiger charge is -2.24. The smallest absolute Gasteiger partial charge is 0.159 e. The average molecular weight is 313 g/mol. The standard InChI is InChI=1S/C17H23N5O/c1-23-14-9-7-13(8-10-14)22-17-15(18)16(19-11-20-17)21-12-5-3-2-4-6-12/h7-12H,2-6,18H2,1H3,(H2,19,20,21,22). The molecule has 0 bridgehead atoms. The first-order valence-corrected chi connectivity index (χ1v) is 8.04. The lowest BCUT2D eigenvalue weighted by Crippen LogP contribution is -2.23. The van der Waals surface area contributed by atoms with E-state index in [0.29, 0.717) is 23.4 Å². The van der Waals surface area contributed by atoms with Crippen LogP contribution in [0.25, 0.3) is 0 Å². The first-order valence-electron chi connectivity index (χ1n) is 8.04. The second kappa shape index (κ2) is 7.17. The van der Waals surface area contributed by atoms with Gasteiger partial charge >= 0.3 is 0 Å². The van der Waals surface area contributed by atoms with Crippen molar-refractivity contribution in [1.29, 1.82) is 0 Å². The molecule has 23 heavy (non-hydrogen) atoms. The quantitative estimate of drug-likeness (QED) is 0.782. The lowest BCUT2D eigenvalue weighted by atomic mass is 9.95. The van der Waals surface area contributed by atoms with Gasteiger partial charge in [0, 0.05) is 11.7 Å². The molecule has 122 valence electrons. The Kier molecular flexibility index (Phi) is 4.80. The number of nitrogens with two attached hydrogens (primary N) is 1. The molecule has 0 amide bonds. The van der Waals surface area contributed by atoms with Gasteiger partial charge in [-0.3, -0.25) is 0 Å². The monoisotopic (exact) mass is 313 g/mol. The molecule has 4 N–H and O–H groups in total. The molecule has 0 atom stereocenters. The van der Waals surface area contributed by atoms with Gasteiger partial charge in [0.1, 0.15) is 17.8 Å². The van der Waals surface area contributed by atoms with Crippen LogP contribution in [0.4, 0.5) is 23.0 Å². The molecule has 2 aromatic rings. The summed E-state index contributed by atoms with van der Waals surface area (Å²) in [7, 11) is 1.65. The molecule has 0 radical (unpaired) electrons. The highest BCUT2D eigenvalue weighted by Crippen LogP contribution is 2.29. The second-order valence-corrected chi connectivity index (χ2v) is 5.82. The third-order valence-electron chi connectivity index (χ3n) is 4.18. The zero-order chi connectivity index (χ0) is 16.1. The van der Waals surface area contributed by atoms with Gasteiger partial charge in [-0.1, -0.05) is 19.3 Å². The van der Waals surface area contributed by atoms with E-state index in [1.54, 1.807) is 7.11 Å². The predicted molar refractivity (Wildman–Crippen MR) is 93.2 cm³/mol. The summed E-state index contributed by atoms with van der Waals surface area (Å²) in [5.74, 6) is 2.14. The van der Waals surface area contributed by atoms with Crippen LogP contribution in [0.15, 0.2) is 30.6 Å². The molecule has 1 saturated carbocycles. The fourth-order valence-electron chi connectivity index (χ4n) is 2.86. The predicted octanol–water partition coefficient (Wildman–Crippen LogP) is 3.56. The van der Waals surface area contributed by atoms with Gasteiger partial charge in [0.2, 0.25) is 0 Å². The van der Waals surface area contributed by atoms with Crippen LogP contribution in [0.2, 0.25) is 0 Å². The Balaban J connectivity index is 1.72. The van der Waals surface area contributed by atoms with Crippen LogP contribution >= 0.6 is 0 Å². The first kappa shape index (κ1) is 15.4. The molecule has 1 aromatic carbocycles. The van der Waals surface area contributed by atoms with E-state index in [0.717, 1.165) is 11.4 Å². The lowest BCUT2D eigenvalue weighted by molar-refractivity contribution is 0.415. The largest absolute Gasteiger partial charge is 0.497 e. The second-order valence-electron chi connectivity index (χ2n) is 5.82. The Morgan fingerprint density at radius 3 is 2.43 bits per heavy atom. The molecular formula is C17H23N5O.